The zero-order valence-corrected chi connectivity index (χ0v) is 9.69. The highest BCUT2D eigenvalue weighted by molar-refractivity contribution is 5.25. The Labute approximate surface area is 99.6 Å². The van der Waals surface area contributed by atoms with Crippen LogP contribution in [0.4, 0.5) is 4.39 Å². The summed E-state index contributed by atoms with van der Waals surface area (Å²) in [6, 6.07) is 8.33. The van der Waals surface area contributed by atoms with Gasteiger partial charge in [-0.05, 0) is 18.2 Å². The van der Waals surface area contributed by atoms with Gasteiger partial charge in [0.05, 0.1) is 0 Å². The third-order valence-corrected chi connectivity index (χ3v) is 2.60. The van der Waals surface area contributed by atoms with Crippen molar-refractivity contribution in [1.82, 2.24) is 4.57 Å². The minimum Gasteiger partial charge on any atom is -0.486 e. The molecular formula is C13H15FN2O. The molecule has 0 saturated heterocycles. The molecule has 4 heteroatoms. The van der Waals surface area contributed by atoms with Crippen LogP contribution in [0.2, 0.25) is 0 Å². The second-order valence-corrected chi connectivity index (χ2v) is 3.87. The number of halogens is 1. The molecule has 3 nitrogen and oxygen atoms in total. The summed E-state index contributed by atoms with van der Waals surface area (Å²) in [4.78, 5) is 0. The van der Waals surface area contributed by atoms with Crippen molar-refractivity contribution in [3.8, 4) is 5.75 Å². The number of aryl methyl sites for hydroxylation is 1. The Morgan fingerprint density at radius 3 is 2.76 bits per heavy atom. The van der Waals surface area contributed by atoms with E-state index in [0.717, 1.165) is 11.3 Å². The topological polar surface area (TPSA) is 40.2 Å². The van der Waals surface area contributed by atoms with Crippen molar-refractivity contribution in [3.63, 3.8) is 0 Å². The summed E-state index contributed by atoms with van der Waals surface area (Å²) in [7, 11) is 1.93. The fourth-order valence-corrected chi connectivity index (χ4v) is 1.69. The first-order valence-electron chi connectivity index (χ1n) is 5.42. The van der Waals surface area contributed by atoms with Gasteiger partial charge < -0.3 is 15.0 Å². The first kappa shape index (κ1) is 11.7. The first-order chi connectivity index (χ1) is 8.20. The van der Waals surface area contributed by atoms with E-state index in [1.165, 1.54) is 6.07 Å². The van der Waals surface area contributed by atoms with Crippen molar-refractivity contribution in [2.24, 2.45) is 12.8 Å². The largest absolute Gasteiger partial charge is 0.486 e. The molecule has 1 heterocycles. The van der Waals surface area contributed by atoms with E-state index in [1.807, 2.05) is 23.9 Å². The SMILES string of the molecule is Cn1cc(COc2ccccc2F)cc1CN. The molecule has 0 spiro atoms. The number of aromatic nitrogens is 1. The van der Waals surface area contributed by atoms with Crippen LogP contribution in [-0.4, -0.2) is 4.57 Å². The summed E-state index contributed by atoms with van der Waals surface area (Å²) in [5.74, 6) is -0.0758. The third-order valence-electron chi connectivity index (χ3n) is 2.60. The number of nitrogens with two attached hydrogens (primary N) is 1. The zero-order valence-electron chi connectivity index (χ0n) is 9.69. The lowest BCUT2D eigenvalue weighted by atomic mass is 10.3. The average Bonchev–Trinajstić information content (AvgIpc) is 2.69. The number of benzene rings is 1. The molecule has 2 aromatic rings. The summed E-state index contributed by atoms with van der Waals surface area (Å²) in [6.07, 6.45) is 1.93. The van der Waals surface area contributed by atoms with Gasteiger partial charge in [-0.2, -0.15) is 0 Å². The summed E-state index contributed by atoms with van der Waals surface area (Å²) in [5.41, 5.74) is 7.58. The monoisotopic (exact) mass is 234 g/mol. The van der Waals surface area contributed by atoms with E-state index in [-0.39, 0.29) is 11.6 Å². The number of nitrogens with zero attached hydrogens (tertiary/aromatic N) is 1. The molecule has 0 unspecified atom stereocenters. The van der Waals surface area contributed by atoms with Gasteiger partial charge >= 0.3 is 0 Å². The zero-order chi connectivity index (χ0) is 12.3. The number of ether oxygens (including phenoxy) is 1. The molecule has 0 aliphatic rings. The Hall–Kier alpha value is -1.81. The lowest BCUT2D eigenvalue weighted by Crippen LogP contribution is -2.01. The number of rotatable bonds is 4. The van der Waals surface area contributed by atoms with Crippen LogP contribution in [0.15, 0.2) is 36.5 Å². The van der Waals surface area contributed by atoms with Crippen LogP contribution >= 0.6 is 0 Å². The smallest absolute Gasteiger partial charge is 0.165 e. The van der Waals surface area contributed by atoms with Crippen LogP contribution < -0.4 is 10.5 Å². The van der Waals surface area contributed by atoms with Gasteiger partial charge in [0.2, 0.25) is 0 Å². The molecule has 0 fully saturated rings. The van der Waals surface area contributed by atoms with E-state index in [0.29, 0.717) is 13.2 Å². The van der Waals surface area contributed by atoms with Crippen LogP contribution in [0.3, 0.4) is 0 Å². The predicted molar refractivity (Wildman–Crippen MR) is 64.0 cm³/mol. The molecule has 0 atom stereocenters. The molecule has 0 amide bonds. The molecular weight excluding hydrogens is 219 g/mol. The maximum atomic E-state index is 13.3. The molecule has 0 radical (unpaired) electrons. The van der Waals surface area contributed by atoms with Crippen LogP contribution in [0, 0.1) is 5.82 Å². The molecule has 0 saturated carbocycles. The molecule has 0 bridgehead atoms. The predicted octanol–water partition coefficient (Wildman–Crippen LogP) is 2.20. The molecule has 2 N–H and O–H groups in total. The number of hydrogen-bond donors (Lipinski definition) is 1. The van der Waals surface area contributed by atoms with E-state index in [9.17, 15) is 4.39 Å². The fourth-order valence-electron chi connectivity index (χ4n) is 1.69. The Morgan fingerprint density at radius 2 is 2.12 bits per heavy atom. The summed E-state index contributed by atoms with van der Waals surface area (Å²) in [6.45, 7) is 0.824. The minimum atomic E-state index is -0.345. The summed E-state index contributed by atoms with van der Waals surface area (Å²) < 4.78 is 20.6. The van der Waals surface area contributed by atoms with Gasteiger partial charge in [-0.15, -0.1) is 0 Å². The number of hydrogen-bond acceptors (Lipinski definition) is 2. The van der Waals surface area contributed by atoms with Gasteiger partial charge in [0.1, 0.15) is 6.61 Å². The van der Waals surface area contributed by atoms with Gasteiger partial charge in [0.15, 0.2) is 11.6 Å². The minimum absolute atomic E-state index is 0.269. The van der Waals surface area contributed by atoms with Crippen LogP contribution in [0.1, 0.15) is 11.3 Å². The van der Waals surface area contributed by atoms with E-state index >= 15 is 0 Å². The normalized spacial score (nSPS) is 10.5. The van der Waals surface area contributed by atoms with Gasteiger partial charge in [-0.3, -0.25) is 0 Å². The highest BCUT2D eigenvalue weighted by atomic mass is 19.1. The molecule has 1 aromatic heterocycles. The lowest BCUT2D eigenvalue weighted by Gasteiger charge is -2.05. The van der Waals surface area contributed by atoms with Crippen LogP contribution in [0.5, 0.6) is 5.75 Å². The lowest BCUT2D eigenvalue weighted by molar-refractivity contribution is 0.290. The van der Waals surface area contributed by atoms with Crippen LogP contribution in [-0.2, 0) is 20.2 Å². The van der Waals surface area contributed by atoms with E-state index in [1.54, 1.807) is 18.2 Å². The average molecular weight is 234 g/mol. The Balaban J connectivity index is 2.05. The van der Waals surface area contributed by atoms with Gasteiger partial charge in [0, 0.05) is 31.0 Å². The maximum Gasteiger partial charge on any atom is 0.165 e. The van der Waals surface area contributed by atoms with Crippen molar-refractivity contribution in [2.45, 2.75) is 13.2 Å². The molecule has 90 valence electrons. The Morgan fingerprint density at radius 1 is 1.35 bits per heavy atom. The summed E-state index contributed by atoms with van der Waals surface area (Å²) in [5, 5.41) is 0. The second kappa shape index (κ2) is 5.01. The molecule has 0 aliphatic heterocycles. The van der Waals surface area contributed by atoms with Gasteiger partial charge in [-0.1, -0.05) is 12.1 Å². The van der Waals surface area contributed by atoms with E-state index < -0.39 is 0 Å². The summed E-state index contributed by atoms with van der Waals surface area (Å²) >= 11 is 0. The second-order valence-electron chi connectivity index (χ2n) is 3.87. The first-order valence-corrected chi connectivity index (χ1v) is 5.42. The molecule has 1 aromatic carbocycles. The van der Waals surface area contributed by atoms with E-state index in [2.05, 4.69) is 0 Å². The third kappa shape index (κ3) is 2.65. The standard InChI is InChI=1S/C13H15FN2O/c1-16-8-10(6-11(16)7-15)9-17-13-5-3-2-4-12(13)14/h2-6,8H,7,9,15H2,1H3. The van der Waals surface area contributed by atoms with Crippen molar-refractivity contribution in [1.29, 1.82) is 0 Å². The van der Waals surface area contributed by atoms with Gasteiger partial charge in [0.25, 0.3) is 0 Å². The molecule has 2 rings (SSSR count). The molecule has 0 aliphatic carbocycles. The van der Waals surface area contributed by atoms with Crippen molar-refractivity contribution >= 4 is 0 Å². The Bertz CT molecular complexity index is 508. The maximum absolute atomic E-state index is 13.3. The van der Waals surface area contributed by atoms with Crippen molar-refractivity contribution in [3.05, 3.63) is 53.6 Å². The van der Waals surface area contributed by atoms with Crippen LogP contribution in [0.25, 0.3) is 0 Å². The Kier molecular flexibility index (Phi) is 3.44. The number of para-hydroxylation sites is 1. The van der Waals surface area contributed by atoms with E-state index in [4.69, 9.17) is 10.5 Å². The van der Waals surface area contributed by atoms with Crippen molar-refractivity contribution < 1.29 is 9.13 Å². The highest BCUT2D eigenvalue weighted by Crippen LogP contribution is 2.17. The highest BCUT2D eigenvalue weighted by Gasteiger charge is 2.05. The van der Waals surface area contributed by atoms with Gasteiger partial charge in [-0.25, -0.2) is 4.39 Å². The fraction of sp³-hybridized carbons (Fsp3) is 0.231. The quantitative estimate of drug-likeness (QED) is 0.881. The molecule has 17 heavy (non-hydrogen) atoms. The van der Waals surface area contributed by atoms with Crippen molar-refractivity contribution in [2.75, 3.05) is 0 Å².